The van der Waals surface area contributed by atoms with Gasteiger partial charge in [0.2, 0.25) is 5.91 Å². The third-order valence-electron chi connectivity index (χ3n) is 4.84. The molecule has 0 aromatic heterocycles. The predicted octanol–water partition coefficient (Wildman–Crippen LogP) is 2.83. The molecule has 1 heterocycles. The second-order valence-corrected chi connectivity index (χ2v) is 6.31. The topological polar surface area (TPSA) is 40.5 Å². The van der Waals surface area contributed by atoms with Gasteiger partial charge in [-0.25, -0.2) is 8.78 Å². The molecule has 1 aromatic carbocycles. The fraction of sp³-hybridized carbons (Fsp3) is 0.588. The number of aliphatic hydroxyl groups is 1. The molecule has 22 heavy (non-hydrogen) atoms. The molecule has 1 aliphatic heterocycles. The van der Waals surface area contributed by atoms with E-state index in [1.807, 2.05) is 4.90 Å². The molecule has 0 spiro atoms. The smallest absolute Gasteiger partial charge is 0.226 e. The molecule has 1 N–H and O–H groups in total. The average Bonchev–Trinajstić information content (AvgIpc) is 3.30. The number of carbonyl (C=O) groups is 1. The minimum Gasteiger partial charge on any atom is -0.396 e. The van der Waals surface area contributed by atoms with Crippen molar-refractivity contribution in [3.8, 4) is 0 Å². The number of rotatable bonds is 4. The van der Waals surface area contributed by atoms with Crippen LogP contribution < -0.4 is 0 Å². The van der Waals surface area contributed by atoms with Crippen LogP contribution in [0.3, 0.4) is 0 Å². The van der Waals surface area contributed by atoms with E-state index in [-0.39, 0.29) is 30.4 Å². The van der Waals surface area contributed by atoms with Crippen LogP contribution in [0.2, 0.25) is 0 Å². The van der Waals surface area contributed by atoms with Crippen LogP contribution in [0, 0.1) is 17.6 Å². The Morgan fingerprint density at radius 3 is 2.91 bits per heavy atom. The summed E-state index contributed by atoms with van der Waals surface area (Å²) < 4.78 is 27.1. The zero-order valence-electron chi connectivity index (χ0n) is 12.5. The first-order chi connectivity index (χ1) is 10.6. The van der Waals surface area contributed by atoms with E-state index < -0.39 is 11.6 Å². The second-order valence-electron chi connectivity index (χ2n) is 6.31. The van der Waals surface area contributed by atoms with E-state index in [0.29, 0.717) is 24.9 Å². The molecule has 1 amide bonds. The van der Waals surface area contributed by atoms with Gasteiger partial charge in [-0.1, -0.05) is 0 Å². The maximum Gasteiger partial charge on any atom is 0.226 e. The van der Waals surface area contributed by atoms with Gasteiger partial charge in [0.05, 0.1) is 0 Å². The first-order valence-corrected chi connectivity index (χ1v) is 7.98. The number of carbonyl (C=O) groups excluding carboxylic acids is 1. The Balaban J connectivity index is 1.70. The number of hydrogen-bond donors (Lipinski definition) is 1. The summed E-state index contributed by atoms with van der Waals surface area (Å²) in [6, 6.07) is 3.51. The zero-order chi connectivity index (χ0) is 15.7. The summed E-state index contributed by atoms with van der Waals surface area (Å²) >= 11 is 0. The summed E-state index contributed by atoms with van der Waals surface area (Å²) in [5.41, 5.74) is 0.314. The minimum absolute atomic E-state index is 0.0341. The quantitative estimate of drug-likeness (QED) is 0.929. The molecule has 1 aliphatic carbocycles. The fourth-order valence-corrected chi connectivity index (χ4v) is 3.56. The summed E-state index contributed by atoms with van der Waals surface area (Å²) in [4.78, 5) is 14.5. The zero-order valence-corrected chi connectivity index (χ0v) is 12.5. The van der Waals surface area contributed by atoms with Crippen molar-refractivity contribution < 1.29 is 18.7 Å². The van der Waals surface area contributed by atoms with E-state index >= 15 is 0 Å². The minimum atomic E-state index is -0.467. The van der Waals surface area contributed by atoms with Crippen LogP contribution in [0.15, 0.2) is 18.2 Å². The second kappa shape index (κ2) is 6.32. The molecule has 1 aromatic rings. The lowest BCUT2D eigenvalue weighted by Crippen LogP contribution is -2.45. The van der Waals surface area contributed by atoms with Crippen LogP contribution in [0.25, 0.3) is 0 Å². The molecule has 0 bridgehead atoms. The van der Waals surface area contributed by atoms with Gasteiger partial charge in [-0.2, -0.15) is 0 Å². The maximum absolute atomic E-state index is 13.8. The summed E-state index contributed by atoms with van der Waals surface area (Å²) in [7, 11) is 0. The van der Waals surface area contributed by atoms with Crippen molar-refractivity contribution in [2.24, 2.45) is 5.92 Å². The van der Waals surface area contributed by atoms with Gasteiger partial charge in [-0.3, -0.25) is 4.79 Å². The Bertz CT molecular complexity index is 562. The molecule has 3 nitrogen and oxygen atoms in total. The van der Waals surface area contributed by atoms with Crippen LogP contribution >= 0.6 is 0 Å². The van der Waals surface area contributed by atoms with Crippen molar-refractivity contribution >= 4 is 5.91 Å². The van der Waals surface area contributed by atoms with Gasteiger partial charge in [0, 0.05) is 25.1 Å². The van der Waals surface area contributed by atoms with Crippen LogP contribution in [-0.4, -0.2) is 35.1 Å². The van der Waals surface area contributed by atoms with Gasteiger partial charge in [0.15, 0.2) is 0 Å². The number of piperidine rings is 1. The number of likely N-dealkylation sites (tertiary alicyclic amines) is 1. The molecular formula is C17H21F2NO2. The van der Waals surface area contributed by atoms with Crippen molar-refractivity contribution in [3.63, 3.8) is 0 Å². The molecule has 1 saturated carbocycles. The summed E-state index contributed by atoms with van der Waals surface area (Å²) in [6.07, 6.45) is 4.14. The lowest BCUT2D eigenvalue weighted by Gasteiger charge is -2.36. The van der Waals surface area contributed by atoms with Crippen LogP contribution in [0.5, 0.6) is 0 Å². The van der Waals surface area contributed by atoms with Crippen LogP contribution in [0.4, 0.5) is 8.78 Å². The monoisotopic (exact) mass is 309 g/mol. The highest BCUT2D eigenvalue weighted by molar-refractivity contribution is 5.83. The standard InChI is InChI=1S/C17H21F2NO2/c18-11-4-5-16(19)14(9-11)13-10-15(13)17(22)20-7-2-1-3-12(20)6-8-21/h4-5,9,12-13,15,21H,1-3,6-8,10H2. The summed E-state index contributed by atoms with van der Waals surface area (Å²) in [5, 5.41) is 9.14. The highest BCUT2D eigenvalue weighted by Gasteiger charge is 2.48. The molecule has 5 heteroatoms. The molecule has 0 radical (unpaired) electrons. The number of aliphatic hydroxyl groups excluding tert-OH is 1. The normalized spacial score (nSPS) is 27.8. The SMILES string of the molecule is O=C(C1CC1c1cc(F)ccc1F)N1CCCCC1CCO. The van der Waals surface area contributed by atoms with Gasteiger partial charge < -0.3 is 10.0 Å². The van der Waals surface area contributed by atoms with E-state index in [2.05, 4.69) is 0 Å². The fourth-order valence-electron chi connectivity index (χ4n) is 3.56. The Morgan fingerprint density at radius 2 is 2.14 bits per heavy atom. The average molecular weight is 309 g/mol. The summed E-state index contributed by atoms with van der Waals surface area (Å²) in [6.45, 7) is 0.777. The Kier molecular flexibility index (Phi) is 4.43. The van der Waals surface area contributed by atoms with E-state index in [0.717, 1.165) is 31.4 Å². The first kappa shape index (κ1) is 15.4. The largest absolute Gasteiger partial charge is 0.396 e. The van der Waals surface area contributed by atoms with E-state index in [1.165, 1.54) is 6.07 Å². The number of nitrogens with zero attached hydrogens (tertiary/aromatic N) is 1. The molecule has 3 rings (SSSR count). The lowest BCUT2D eigenvalue weighted by molar-refractivity contribution is -0.136. The highest BCUT2D eigenvalue weighted by Crippen LogP contribution is 2.50. The third kappa shape index (κ3) is 3.00. The molecular weight excluding hydrogens is 288 g/mol. The van der Waals surface area contributed by atoms with E-state index in [1.54, 1.807) is 0 Å². The van der Waals surface area contributed by atoms with Crippen molar-refractivity contribution in [2.45, 2.75) is 44.1 Å². The van der Waals surface area contributed by atoms with Crippen molar-refractivity contribution in [1.82, 2.24) is 4.90 Å². The highest BCUT2D eigenvalue weighted by atomic mass is 19.1. The van der Waals surface area contributed by atoms with Gasteiger partial charge >= 0.3 is 0 Å². The molecule has 120 valence electrons. The van der Waals surface area contributed by atoms with Crippen molar-refractivity contribution in [3.05, 3.63) is 35.4 Å². The van der Waals surface area contributed by atoms with Crippen LogP contribution in [-0.2, 0) is 4.79 Å². The molecule has 2 fully saturated rings. The first-order valence-electron chi connectivity index (χ1n) is 7.98. The van der Waals surface area contributed by atoms with Crippen molar-refractivity contribution in [2.75, 3.05) is 13.2 Å². The van der Waals surface area contributed by atoms with Gasteiger partial charge in [0.25, 0.3) is 0 Å². The van der Waals surface area contributed by atoms with E-state index in [4.69, 9.17) is 5.11 Å². The van der Waals surface area contributed by atoms with Gasteiger partial charge in [0.1, 0.15) is 11.6 Å². The molecule has 3 unspecified atom stereocenters. The van der Waals surface area contributed by atoms with Crippen molar-refractivity contribution in [1.29, 1.82) is 0 Å². The maximum atomic E-state index is 13.8. The third-order valence-corrected chi connectivity index (χ3v) is 4.84. The Hall–Kier alpha value is -1.49. The lowest BCUT2D eigenvalue weighted by atomic mass is 9.98. The number of halogens is 2. The molecule has 2 aliphatic rings. The summed E-state index contributed by atoms with van der Waals surface area (Å²) in [5.74, 6) is -1.32. The number of hydrogen-bond acceptors (Lipinski definition) is 2. The van der Waals surface area contributed by atoms with E-state index in [9.17, 15) is 13.6 Å². The Labute approximate surface area is 128 Å². The number of amides is 1. The van der Waals surface area contributed by atoms with Gasteiger partial charge in [-0.05, 0) is 61.8 Å². The number of benzene rings is 1. The molecule has 3 atom stereocenters. The predicted molar refractivity (Wildman–Crippen MR) is 78.3 cm³/mol. The Morgan fingerprint density at radius 1 is 1.32 bits per heavy atom. The van der Waals surface area contributed by atoms with Crippen LogP contribution in [0.1, 0.15) is 43.6 Å². The molecule has 1 saturated heterocycles. The van der Waals surface area contributed by atoms with Gasteiger partial charge in [-0.15, -0.1) is 0 Å².